The minimum atomic E-state index is -1.36. The predicted molar refractivity (Wildman–Crippen MR) is 101 cm³/mol. The SMILES string of the molecule is CO.COC(C)=O.CO[C@H]1OC(CO)[C@@H](O)[C@@H](O)C1O.CO[C@H]1OC[C@@H](O)[C@@H](O)C1O. The lowest BCUT2D eigenvalue weighted by Crippen LogP contribution is -2.58. The van der Waals surface area contributed by atoms with Crippen LogP contribution >= 0.6 is 0 Å². The van der Waals surface area contributed by atoms with E-state index in [-0.39, 0.29) is 12.6 Å². The Bertz CT molecular complexity index is 431. The van der Waals surface area contributed by atoms with Crippen LogP contribution in [-0.4, -0.2) is 144 Å². The van der Waals surface area contributed by atoms with Gasteiger partial charge in [0.1, 0.15) is 42.7 Å². The summed E-state index contributed by atoms with van der Waals surface area (Å²) in [5.74, 6) is -0.245. The highest BCUT2D eigenvalue weighted by molar-refractivity contribution is 5.65. The zero-order chi connectivity index (χ0) is 24.7. The van der Waals surface area contributed by atoms with E-state index in [1.807, 2.05) is 0 Å². The standard InChI is InChI=1S/C7H14O6.C6H12O5.C3H6O2.CH4O/c1-12-7-6(11)5(10)4(9)3(2-8)13-7;1-10-6-5(9)4(8)3(7)2-11-6;1-3(4)5-2;1-2/h3-11H,2H2,1H3;3-9H,2H2,1H3;1-2H3;2H,1H3/t3?,4-,5-,6?,7+;3-,4-,5?,6+;;/m11../s1. The predicted octanol–water partition coefficient (Wildman–Crippen LogP) is -4.71. The molecule has 0 bridgehead atoms. The minimum Gasteiger partial charge on any atom is -0.469 e. The van der Waals surface area contributed by atoms with Crippen LogP contribution in [0.3, 0.4) is 0 Å². The Morgan fingerprint density at radius 3 is 1.68 bits per heavy atom. The summed E-state index contributed by atoms with van der Waals surface area (Å²) in [6, 6.07) is 0. The fourth-order valence-electron chi connectivity index (χ4n) is 2.25. The van der Waals surface area contributed by atoms with E-state index in [2.05, 4.69) is 9.47 Å². The monoisotopic (exact) mass is 464 g/mol. The molecule has 31 heavy (non-hydrogen) atoms. The molecular weight excluding hydrogens is 428 g/mol. The molecular formula is C17H36O14. The lowest BCUT2D eigenvalue weighted by Gasteiger charge is -2.38. The number of carbonyl (C=O) groups excluding carboxylic acids is 1. The molecule has 9 atom stereocenters. The molecule has 0 spiro atoms. The third-order valence-corrected chi connectivity index (χ3v) is 4.05. The molecule has 8 N–H and O–H groups in total. The Balaban J connectivity index is 0. The third kappa shape index (κ3) is 10.9. The van der Waals surface area contributed by atoms with Gasteiger partial charge in [0.25, 0.3) is 0 Å². The Labute approximate surface area is 180 Å². The van der Waals surface area contributed by atoms with Crippen LogP contribution in [0.2, 0.25) is 0 Å². The molecule has 2 fully saturated rings. The molecule has 2 rings (SSSR count). The number of methoxy groups -OCH3 is 3. The first-order valence-corrected chi connectivity index (χ1v) is 9.06. The molecule has 3 unspecified atom stereocenters. The summed E-state index contributed by atoms with van der Waals surface area (Å²) in [6.45, 7) is 0.904. The van der Waals surface area contributed by atoms with Crippen molar-refractivity contribution in [1.29, 1.82) is 0 Å². The molecule has 2 heterocycles. The Kier molecular flexibility index (Phi) is 18.2. The van der Waals surface area contributed by atoms with Crippen LogP contribution in [0.5, 0.6) is 0 Å². The maximum atomic E-state index is 9.59. The van der Waals surface area contributed by atoms with Crippen molar-refractivity contribution in [2.24, 2.45) is 0 Å². The third-order valence-electron chi connectivity index (χ3n) is 4.05. The summed E-state index contributed by atoms with van der Waals surface area (Å²) in [7, 11) is 5.01. The molecule has 2 aliphatic rings. The summed E-state index contributed by atoms with van der Waals surface area (Å²) in [6.07, 6.45) is -10.1. The van der Waals surface area contributed by atoms with Crippen molar-refractivity contribution in [1.82, 2.24) is 0 Å². The van der Waals surface area contributed by atoms with Crippen molar-refractivity contribution < 1.29 is 69.3 Å². The molecule has 0 aromatic carbocycles. The summed E-state index contributed by atoms with van der Waals surface area (Å²) in [5.41, 5.74) is 0. The summed E-state index contributed by atoms with van der Waals surface area (Å²) in [5, 5.41) is 70.8. The van der Waals surface area contributed by atoms with E-state index in [9.17, 15) is 20.1 Å². The van der Waals surface area contributed by atoms with E-state index in [0.717, 1.165) is 7.11 Å². The lowest BCUT2D eigenvalue weighted by atomic mass is 9.99. The smallest absolute Gasteiger partial charge is 0.302 e. The van der Waals surface area contributed by atoms with Gasteiger partial charge in [-0.05, 0) is 0 Å². The zero-order valence-corrected chi connectivity index (χ0v) is 18.1. The van der Waals surface area contributed by atoms with Crippen LogP contribution < -0.4 is 0 Å². The first-order valence-electron chi connectivity index (χ1n) is 9.06. The first-order chi connectivity index (χ1) is 14.5. The molecule has 14 heteroatoms. The van der Waals surface area contributed by atoms with Crippen LogP contribution in [-0.2, 0) is 28.5 Å². The fourth-order valence-corrected chi connectivity index (χ4v) is 2.25. The average molecular weight is 464 g/mol. The van der Waals surface area contributed by atoms with Crippen molar-refractivity contribution in [3.05, 3.63) is 0 Å². The van der Waals surface area contributed by atoms with Crippen molar-refractivity contribution in [3.63, 3.8) is 0 Å². The molecule has 0 aliphatic carbocycles. The number of rotatable bonds is 3. The second-order valence-electron chi connectivity index (χ2n) is 6.11. The Morgan fingerprint density at radius 1 is 0.839 bits per heavy atom. The number of esters is 1. The molecule has 0 aromatic rings. The highest BCUT2D eigenvalue weighted by atomic mass is 16.7. The van der Waals surface area contributed by atoms with E-state index in [0.29, 0.717) is 0 Å². The van der Waals surface area contributed by atoms with Gasteiger partial charge in [-0.3, -0.25) is 4.79 Å². The van der Waals surface area contributed by atoms with Crippen molar-refractivity contribution in [2.75, 3.05) is 41.7 Å². The first kappa shape index (κ1) is 32.2. The normalized spacial score (nSPS) is 37.0. The molecule has 0 saturated carbocycles. The summed E-state index contributed by atoms with van der Waals surface area (Å²) < 4.78 is 23.3. The minimum absolute atomic E-state index is 0.0171. The number of carbonyl (C=O) groups is 1. The Hall–Kier alpha value is -1.01. The highest BCUT2D eigenvalue weighted by Crippen LogP contribution is 2.21. The van der Waals surface area contributed by atoms with Gasteiger partial charge in [-0.2, -0.15) is 0 Å². The molecule has 0 aromatic heterocycles. The second-order valence-corrected chi connectivity index (χ2v) is 6.11. The van der Waals surface area contributed by atoms with Crippen LogP contribution in [0.1, 0.15) is 6.92 Å². The van der Waals surface area contributed by atoms with Gasteiger partial charge in [-0.15, -0.1) is 0 Å². The van der Waals surface area contributed by atoms with E-state index in [1.165, 1.54) is 28.3 Å². The van der Waals surface area contributed by atoms with E-state index in [1.54, 1.807) is 0 Å². The molecule has 188 valence electrons. The van der Waals surface area contributed by atoms with Crippen LogP contribution in [0.15, 0.2) is 0 Å². The maximum absolute atomic E-state index is 9.59. The fraction of sp³-hybridized carbons (Fsp3) is 0.941. The largest absolute Gasteiger partial charge is 0.469 e. The number of ether oxygens (including phenoxy) is 5. The maximum Gasteiger partial charge on any atom is 0.302 e. The quantitative estimate of drug-likeness (QED) is 0.184. The van der Waals surface area contributed by atoms with Gasteiger partial charge in [0.2, 0.25) is 0 Å². The van der Waals surface area contributed by atoms with Gasteiger partial charge in [0.05, 0.1) is 20.3 Å². The molecule has 14 nitrogen and oxygen atoms in total. The number of hydrogen-bond donors (Lipinski definition) is 8. The number of aliphatic hydroxyl groups excluding tert-OH is 8. The Morgan fingerprint density at radius 2 is 1.29 bits per heavy atom. The number of hydrogen-bond acceptors (Lipinski definition) is 14. The molecule has 0 amide bonds. The van der Waals surface area contributed by atoms with Gasteiger partial charge < -0.3 is 64.5 Å². The van der Waals surface area contributed by atoms with Crippen molar-refractivity contribution in [2.45, 2.75) is 62.2 Å². The average Bonchev–Trinajstić information content (AvgIpc) is 2.78. The van der Waals surface area contributed by atoms with Crippen molar-refractivity contribution in [3.8, 4) is 0 Å². The van der Waals surface area contributed by atoms with Crippen LogP contribution in [0.25, 0.3) is 0 Å². The van der Waals surface area contributed by atoms with Crippen LogP contribution in [0, 0.1) is 0 Å². The highest BCUT2D eigenvalue weighted by Gasteiger charge is 2.43. The summed E-state index contributed by atoms with van der Waals surface area (Å²) >= 11 is 0. The zero-order valence-electron chi connectivity index (χ0n) is 18.1. The van der Waals surface area contributed by atoms with Gasteiger partial charge in [0, 0.05) is 28.3 Å². The van der Waals surface area contributed by atoms with E-state index < -0.39 is 61.9 Å². The van der Waals surface area contributed by atoms with Gasteiger partial charge in [0.15, 0.2) is 12.6 Å². The van der Waals surface area contributed by atoms with Gasteiger partial charge >= 0.3 is 5.97 Å². The molecule has 2 saturated heterocycles. The van der Waals surface area contributed by atoms with Gasteiger partial charge in [-0.25, -0.2) is 0 Å². The van der Waals surface area contributed by atoms with Crippen LogP contribution in [0.4, 0.5) is 0 Å². The molecule has 0 radical (unpaired) electrons. The summed E-state index contributed by atoms with van der Waals surface area (Å²) in [4.78, 5) is 9.59. The van der Waals surface area contributed by atoms with Crippen molar-refractivity contribution >= 4 is 5.97 Å². The second kappa shape index (κ2) is 17.5. The van der Waals surface area contributed by atoms with E-state index >= 15 is 0 Å². The molecule has 2 aliphatic heterocycles. The lowest BCUT2D eigenvalue weighted by molar-refractivity contribution is -0.294. The topological polar surface area (TPSA) is 225 Å². The number of aliphatic hydroxyl groups is 8. The van der Waals surface area contributed by atoms with Gasteiger partial charge in [-0.1, -0.05) is 0 Å². The van der Waals surface area contributed by atoms with E-state index in [4.69, 9.17) is 39.7 Å².